The second kappa shape index (κ2) is 8.18. The summed E-state index contributed by atoms with van der Waals surface area (Å²) < 4.78 is 53.5. The molecule has 2 rings (SSSR count). The Morgan fingerprint density at radius 1 is 1.12 bits per heavy atom. The summed E-state index contributed by atoms with van der Waals surface area (Å²) in [5.74, 6) is 0.0124. The summed E-state index contributed by atoms with van der Waals surface area (Å²) in [6.45, 7) is 0.277. The number of hydroxylamine groups is 1. The summed E-state index contributed by atoms with van der Waals surface area (Å²) in [4.78, 5) is 11.7. The Morgan fingerprint density at radius 2 is 1.72 bits per heavy atom. The number of amides is 1. The van der Waals surface area contributed by atoms with Crippen molar-refractivity contribution in [2.75, 3.05) is 0 Å². The Hall–Kier alpha value is -2.31. The molecule has 1 atom stereocenters. The average molecular weight is 386 g/mol. The molecular formula is C14H14N2O7S2. The Balaban J connectivity index is 2.16. The fourth-order valence-corrected chi connectivity index (χ4v) is 3.10. The van der Waals surface area contributed by atoms with Crippen LogP contribution in [0, 0.1) is 0 Å². The van der Waals surface area contributed by atoms with Crippen LogP contribution in [0.25, 0.3) is 0 Å². The van der Waals surface area contributed by atoms with Crippen LogP contribution in [0.5, 0.6) is 5.75 Å². The first-order chi connectivity index (χ1) is 11.8. The van der Waals surface area contributed by atoms with Crippen LogP contribution >= 0.6 is 0 Å². The van der Waals surface area contributed by atoms with E-state index >= 15 is 0 Å². The van der Waals surface area contributed by atoms with E-state index in [2.05, 4.69) is 4.28 Å². The molecule has 0 aromatic heterocycles. The Labute approximate surface area is 146 Å². The molecule has 0 bridgehead atoms. The van der Waals surface area contributed by atoms with E-state index in [1.54, 1.807) is 18.2 Å². The number of hydrogen-bond donors (Lipinski definition) is 2. The van der Waals surface area contributed by atoms with Gasteiger partial charge >= 0.3 is 16.2 Å². The zero-order valence-electron chi connectivity index (χ0n) is 12.6. The van der Waals surface area contributed by atoms with Crippen molar-refractivity contribution in [3.63, 3.8) is 0 Å². The molecule has 0 heterocycles. The summed E-state index contributed by atoms with van der Waals surface area (Å²) in [7, 11) is -4.50. The molecule has 0 saturated heterocycles. The predicted molar refractivity (Wildman–Crippen MR) is 87.7 cm³/mol. The molecule has 25 heavy (non-hydrogen) atoms. The number of ether oxygens (including phenoxy) is 1. The van der Waals surface area contributed by atoms with Gasteiger partial charge in [-0.3, -0.25) is 4.55 Å². The van der Waals surface area contributed by atoms with Gasteiger partial charge in [0, 0.05) is 6.54 Å². The molecule has 0 aliphatic heterocycles. The lowest BCUT2D eigenvalue weighted by atomic mass is 10.2. The molecule has 11 heteroatoms. The Bertz CT molecular complexity index is 855. The van der Waals surface area contributed by atoms with Crippen LogP contribution in [0.4, 0.5) is 4.79 Å². The van der Waals surface area contributed by atoms with E-state index in [1.807, 2.05) is 0 Å². The summed E-state index contributed by atoms with van der Waals surface area (Å²) in [5.41, 5.74) is 6.21. The summed E-state index contributed by atoms with van der Waals surface area (Å²) >= 11 is -3.10. The molecule has 1 amide bonds. The van der Waals surface area contributed by atoms with Crippen LogP contribution in [-0.4, -0.2) is 27.7 Å². The van der Waals surface area contributed by atoms with Gasteiger partial charge in [-0.15, -0.1) is 4.28 Å². The second-order valence-corrected chi connectivity index (χ2v) is 6.87. The van der Waals surface area contributed by atoms with Crippen LogP contribution in [0.15, 0.2) is 59.5 Å². The normalized spacial score (nSPS) is 12.4. The molecule has 1 unspecified atom stereocenters. The van der Waals surface area contributed by atoms with Gasteiger partial charge in [0.25, 0.3) is 11.3 Å². The van der Waals surface area contributed by atoms with Crippen molar-refractivity contribution >= 4 is 27.5 Å². The molecule has 0 aliphatic rings. The number of carbonyl (C=O) groups is 1. The van der Waals surface area contributed by atoms with Crippen LogP contribution in [0.3, 0.4) is 0 Å². The number of benzene rings is 2. The van der Waals surface area contributed by atoms with Crippen LogP contribution < -0.4 is 10.5 Å². The molecule has 0 saturated carbocycles. The van der Waals surface area contributed by atoms with Crippen molar-refractivity contribution in [2.24, 2.45) is 5.73 Å². The average Bonchev–Trinajstić information content (AvgIpc) is 2.61. The molecule has 0 fully saturated rings. The van der Waals surface area contributed by atoms with Gasteiger partial charge in [0.2, 0.25) is 0 Å². The van der Waals surface area contributed by atoms with Gasteiger partial charge in [-0.2, -0.15) is 8.42 Å². The van der Waals surface area contributed by atoms with E-state index in [1.165, 1.54) is 36.4 Å². The first-order valence-electron chi connectivity index (χ1n) is 6.75. The van der Waals surface area contributed by atoms with Gasteiger partial charge < -0.3 is 10.5 Å². The zero-order chi connectivity index (χ0) is 18.4. The molecular weight excluding hydrogens is 372 g/mol. The largest absolute Gasteiger partial charge is 0.455 e. The van der Waals surface area contributed by atoms with Crippen LogP contribution in [0.1, 0.15) is 5.56 Å². The highest BCUT2D eigenvalue weighted by atomic mass is 32.2. The van der Waals surface area contributed by atoms with E-state index in [0.29, 0.717) is 0 Å². The molecule has 2 aromatic carbocycles. The molecule has 3 N–H and O–H groups in total. The van der Waals surface area contributed by atoms with E-state index in [-0.39, 0.29) is 21.7 Å². The summed E-state index contributed by atoms with van der Waals surface area (Å²) in [5, 5.41) is 0. The van der Waals surface area contributed by atoms with Crippen LogP contribution in [-0.2, 0) is 32.2 Å². The fourth-order valence-electron chi connectivity index (χ4n) is 1.67. The van der Waals surface area contributed by atoms with Crippen molar-refractivity contribution in [3.05, 3.63) is 60.2 Å². The van der Waals surface area contributed by atoms with E-state index < -0.39 is 27.5 Å². The molecule has 0 spiro atoms. The monoisotopic (exact) mass is 386 g/mol. The minimum absolute atomic E-state index is 0.0124. The van der Waals surface area contributed by atoms with Gasteiger partial charge in [0.1, 0.15) is 5.75 Å². The molecule has 0 radical (unpaired) electrons. The number of rotatable bonds is 6. The fraction of sp³-hybridized carbons (Fsp3) is 0.0714. The highest BCUT2D eigenvalue weighted by Crippen LogP contribution is 2.17. The Kier molecular flexibility index (Phi) is 6.22. The first-order valence-corrected chi connectivity index (χ1v) is 9.22. The lowest BCUT2D eigenvalue weighted by Gasteiger charge is -2.16. The van der Waals surface area contributed by atoms with Crippen molar-refractivity contribution in [1.82, 2.24) is 4.47 Å². The standard InChI is InChI=1S/C14H14N2O7S2/c15-10-11-6-8-12(9-7-11)22-14(17)16(24(18)19)23-25(20,21)13-4-2-1-3-5-13/h1-9H,10,15H2,(H,18,19). The van der Waals surface area contributed by atoms with Crippen molar-refractivity contribution in [3.8, 4) is 5.75 Å². The molecule has 134 valence electrons. The third-order valence-corrected chi connectivity index (χ3v) is 4.65. The maximum atomic E-state index is 12.1. The maximum absolute atomic E-state index is 12.1. The summed E-state index contributed by atoms with van der Waals surface area (Å²) in [6, 6.07) is 12.8. The summed E-state index contributed by atoms with van der Waals surface area (Å²) in [6.07, 6.45) is -1.49. The van der Waals surface area contributed by atoms with Gasteiger partial charge in [-0.05, 0) is 29.8 Å². The number of hydrogen-bond acceptors (Lipinski definition) is 7. The predicted octanol–water partition coefficient (Wildman–Crippen LogP) is 1.40. The lowest BCUT2D eigenvalue weighted by Crippen LogP contribution is -2.37. The first kappa shape index (κ1) is 19.0. The maximum Gasteiger partial charge on any atom is 0.455 e. The van der Waals surface area contributed by atoms with Gasteiger partial charge in [0.15, 0.2) is 0 Å². The van der Waals surface area contributed by atoms with Crippen molar-refractivity contribution < 1.29 is 31.0 Å². The van der Waals surface area contributed by atoms with Gasteiger partial charge in [-0.25, -0.2) is 9.00 Å². The zero-order valence-corrected chi connectivity index (χ0v) is 14.3. The van der Waals surface area contributed by atoms with E-state index in [9.17, 15) is 17.4 Å². The number of nitrogens with two attached hydrogens (primary N) is 1. The van der Waals surface area contributed by atoms with Crippen LogP contribution in [0.2, 0.25) is 0 Å². The van der Waals surface area contributed by atoms with Crippen molar-refractivity contribution in [2.45, 2.75) is 11.4 Å². The third kappa shape index (κ3) is 5.08. The second-order valence-electron chi connectivity index (χ2n) is 4.55. The minimum Gasteiger partial charge on any atom is -0.408 e. The Morgan fingerprint density at radius 3 is 2.24 bits per heavy atom. The SMILES string of the molecule is NCc1ccc(OC(=O)N(OS(=O)(=O)c2ccccc2)S(=O)O)cc1. The molecule has 9 nitrogen and oxygen atoms in total. The minimum atomic E-state index is -4.50. The highest BCUT2D eigenvalue weighted by Gasteiger charge is 2.30. The van der Waals surface area contributed by atoms with Crippen molar-refractivity contribution in [1.29, 1.82) is 0 Å². The smallest absolute Gasteiger partial charge is 0.408 e. The van der Waals surface area contributed by atoms with E-state index in [0.717, 1.165) is 5.56 Å². The third-order valence-electron chi connectivity index (χ3n) is 2.85. The number of nitrogens with zero attached hydrogens (tertiary/aromatic N) is 1. The topological polar surface area (TPSA) is 136 Å². The lowest BCUT2D eigenvalue weighted by molar-refractivity contribution is 0.0483. The highest BCUT2D eigenvalue weighted by molar-refractivity contribution is 7.87. The van der Waals surface area contributed by atoms with Gasteiger partial charge in [-0.1, -0.05) is 34.8 Å². The van der Waals surface area contributed by atoms with E-state index in [4.69, 9.17) is 15.0 Å². The molecule has 0 aliphatic carbocycles. The number of carbonyl (C=O) groups excluding carboxylic acids is 1. The quantitative estimate of drug-likeness (QED) is 0.562. The molecule has 2 aromatic rings. The van der Waals surface area contributed by atoms with Gasteiger partial charge in [0.05, 0.1) is 4.90 Å².